The van der Waals surface area contributed by atoms with Gasteiger partial charge >= 0.3 is 0 Å². The van der Waals surface area contributed by atoms with Crippen LogP contribution in [0.25, 0.3) is 11.3 Å². The third kappa shape index (κ3) is 5.35. The van der Waals surface area contributed by atoms with Gasteiger partial charge in [-0.15, -0.1) is 0 Å². The molecule has 7 heteroatoms. The van der Waals surface area contributed by atoms with Gasteiger partial charge in [-0.1, -0.05) is 16.8 Å². The molecule has 1 fully saturated rings. The Morgan fingerprint density at radius 1 is 1.03 bits per heavy atom. The number of aromatic nitrogens is 2. The predicted octanol–water partition coefficient (Wildman–Crippen LogP) is 3.90. The van der Waals surface area contributed by atoms with E-state index >= 15 is 0 Å². The standard InChI is InChI=1S/C22H25ClN4O2/c1-17-14-19(23)2-3-22(17)28-13-12-26-8-10-27(11-9-26)16-20-15-21(25-29-20)18-4-6-24-7-5-18/h2-7,14-15H,8-13,16H2,1H3. The summed E-state index contributed by atoms with van der Waals surface area (Å²) in [5, 5.41) is 4.93. The first-order valence-corrected chi connectivity index (χ1v) is 10.2. The van der Waals surface area contributed by atoms with Crippen LogP contribution in [0.15, 0.2) is 53.3 Å². The Morgan fingerprint density at radius 2 is 1.79 bits per heavy atom. The van der Waals surface area contributed by atoms with Crippen molar-refractivity contribution in [3.8, 4) is 17.0 Å². The van der Waals surface area contributed by atoms with Gasteiger partial charge in [0.25, 0.3) is 0 Å². The van der Waals surface area contributed by atoms with E-state index in [9.17, 15) is 0 Å². The summed E-state index contributed by atoms with van der Waals surface area (Å²) in [7, 11) is 0. The van der Waals surface area contributed by atoms with E-state index in [1.807, 2.05) is 43.3 Å². The van der Waals surface area contributed by atoms with Gasteiger partial charge in [0.05, 0.1) is 6.54 Å². The van der Waals surface area contributed by atoms with Gasteiger partial charge in [0, 0.05) is 61.8 Å². The second-order valence-electron chi connectivity index (χ2n) is 7.29. The lowest BCUT2D eigenvalue weighted by atomic mass is 10.2. The number of nitrogens with zero attached hydrogens (tertiary/aromatic N) is 4. The van der Waals surface area contributed by atoms with Crippen LogP contribution >= 0.6 is 11.6 Å². The minimum absolute atomic E-state index is 0.680. The molecule has 1 aliphatic rings. The molecule has 152 valence electrons. The number of hydrogen-bond acceptors (Lipinski definition) is 6. The molecule has 0 bridgehead atoms. The van der Waals surface area contributed by atoms with Crippen LogP contribution in [0.1, 0.15) is 11.3 Å². The van der Waals surface area contributed by atoms with Crippen LogP contribution in [0.4, 0.5) is 0 Å². The summed E-state index contributed by atoms with van der Waals surface area (Å²) < 4.78 is 11.4. The fourth-order valence-corrected chi connectivity index (χ4v) is 3.72. The van der Waals surface area contributed by atoms with Crippen LogP contribution in [0.2, 0.25) is 5.02 Å². The van der Waals surface area contributed by atoms with Crippen molar-refractivity contribution in [2.75, 3.05) is 39.3 Å². The molecule has 0 N–H and O–H groups in total. The van der Waals surface area contributed by atoms with Crippen molar-refractivity contribution < 1.29 is 9.26 Å². The van der Waals surface area contributed by atoms with E-state index in [4.69, 9.17) is 20.9 Å². The average Bonchev–Trinajstić information content (AvgIpc) is 3.20. The minimum Gasteiger partial charge on any atom is -0.492 e. The normalized spacial score (nSPS) is 15.5. The Balaban J connectivity index is 1.20. The third-order valence-corrected chi connectivity index (χ3v) is 5.42. The number of halogens is 1. The SMILES string of the molecule is Cc1cc(Cl)ccc1OCCN1CCN(Cc2cc(-c3ccncc3)no2)CC1. The number of piperazine rings is 1. The van der Waals surface area contributed by atoms with Crippen LogP contribution in [-0.4, -0.2) is 59.3 Å². The lowest BCUT2D eigenvalue weighted by molar-refractivity contribution is 0.105. The highest BCUT2D eigenvalue weighted by atomic mass is 35.5. The molecule has 1 saturated heterocycles. The van der Waals surface area contributed by atoms with Crippen molar-refractivity contribution in [2.45, 2.75) is 13.5 Å². The molecule has 4 rings (SSSR count). The zero-order valence-electron chi connectivity index (χ0n) is 16.6. The summed E-state index contributed by atoms with van der Waals surface area (Å²) in [5.74, 6) is 1.80. The summed E-state index contributed by atoms with van der Waals surface area (Å²) in [6, 6.07) is 11.6. The van der Waals surface area contributed by atoms with Crippen LogP contribution in [0.3, 0.4) is 0 Å². The molecular weight excluding hydrogens is 388 g/mol. The molecule has 3 heterocycles. The lowest BCUT2D eigenvalue weighted by Gasteiger charge is -2.34. The molecule has 3 aromatic rings. The van der Waals surface area contributed by atoms with E-state index < -0.39 is 0 Å². The van der Waals surface area contributed by atoms with Gasteiger partial charge in [-0.3, -0.25) is 14.8 Å². The Hall–Kier alpha value is -2.41. The van der Waals surface area contributed by atoms with Crippen molar-refractivity contribution >= 4 is 11.6 Å². The van der Waals surface area contributed by atoms with Crippen molar-refractivity contribution in [3.63, 3.8) is 0 Å². The van der Waals surface area contributed by atoms with Crippen molar-refractivity contribution in [3.05, 3.63) is 65.1 Å². The van der Waals surface area contributed by atoms with Gasteiger partial charge in [-0.05, 0) is 42.8 Å². The van der Waals surface area contributed by atoms with E-state index in [2.05, 4.69) is 19.9 Å². The number of rotatable bonds is 7. The third-order valence-electron chi connectivity index (χ3n) is 5.18. The maximum atomic E-state index is 6.00. The maximum Gasteiger partial charge on any atom is 0.151 e. The second kappa shape index (κ2) is 9.39. The summed E-state index contributed by atoms with van der Waals surface area (Å²) >= 11 is 6.00. The first-order chi connectivity index (χ1) is 14.2. The fraction of sp³-hybridized carbons (Fsp3) is 0.364. The molecule has 0 radical (unpaired) electrons. The van der Waals surface area contributed by atoms with Crippen LogP contribution in [-0.2, 0) is 6.54 Å². The molecule has 2 aromatic heterocycles. The first kappa shape index (κ1) is 19.9. The predicted molar refractivity (Wildman–Crippen MR) is 113 cm³/mol. The Morgan fingerprint density at radius 3 is 2.55 bits per heavy atom. The summed E-state index contributed by atoms with van der Waals surface area (Å²) in [6.45, 7) is 8.46. The van der Waals surface area contributed by atoms with E-state index in [1.54, 1.807) is 12.4 Å². The first-order valence-electron chi connectivity index (χ1n) is 9.87. The van der Waals surface area contributed by atoms with Gasteiger partial charge in [-0.2, -0.15) is 0 Å². The summed E-state index contributed by atoms with van der Waals surface area (Å²) in [6.07, 6.45) is 3.53. The highest BCUT2D eigenvalue weighted by Gasteiger charge is 2.18. The van der Waals surface area contributed by atoms with Gasteiger partial charge in [0.1, 0.15) is 18.1 Å². The van der Waals surface area contributed by atoms with E-state index in [0.29, 0.717) is 6.61 Å². The molecule has 0 unspecified atom stereocenters. The summed E-state index contributed by atoms with van der Waals surface area (Å²) in [5.41, 5.74) is 2.95. The number of hydrogen-bond donors (Lipinski definition) is 0. The highest BCUT2D eigenvalue weighted by molar-refractivity contribution is 6.30. The van der Waals surface area contributed by atoms with Gasteiger partial charge in [0.2, 0.25) is 0 Å². The zero-order valence-corrected chi connectivity index (χ0v) is 17.3. The number of pyridine rings is 1. The molecule has 0 atom stereocenters. The molecule has 1 aliphatic heterocycles. The quantitative estimate of drug-likeness (QED) is 0.586. The number of ether oxygens (including phenoxy) is 1. The number of aryl methyl sites for hydroxylation is 1. The fourth-order valence-electron chi connectivity index (χ4n) is 3.50. The van der Waals surface area contributed by atoms with Gasteiger partial charge in [-0.25, -0.2) is 0 Å². The van der Waals surface area contributed by atoms with Crippen LogP contribution in [0, 0.1) is 6.92 Å². The lowest BCUT2D eigenvalue weighted by Crippen LogP contribution is -2.46. The van der Waals surface area contributed by atoms with Crippen LogP contribution < -0.4 is 4.74 Å². The Labute approximate surface area is 176 Å². The molecular formula is C22H25ClN4O2. The Bertz CT molecular complexity index is 924. The van der Waals surface area contributed by atoms with E-state index in [-0.39, 0.29) is 0 Å². The minimum atomic E-state index is 0.680. The molecule has 0 aliphatic carbocycles. The Kier molecular flexibility index (Phi) is 6.44. The number of benzene rings is 1. The van der Waals surface area contributed by atoms with E-state index in [1.165, 1.54) is 0 Å². The van der Waals surface area contributed by atoms with Crippen molar-refractivity contribution in [1.82, 2.24) is 19.9 Å². The molecule has 0 spiro atoms. The van der Waals surface area contributed by atoms with Crippen molar-refractivity contribution in [2.24, 2.45) is 0 Å². The van der Waals surface area contributed by atoms with Gasteiger partial charge in [0.15, 0.2) is 5.76 Å². The van der Waals surface area contributed by atoms with E-state index in [0.717, 1.165) is 72.6 Å². The summed E-state index contributed by atoms with van der Waals surface area (Å²) in [4.78, 5) is 8.87. The van der Waals surface area contributed by atoms with Gasteiger partial charge < -0.3 is 9.26 Å². The largest absolute Gasteiger partial charge is 0.492 e. The molecule has 6 nitrogen and oxygen atoms in total. The smallest absolute Gasteiger partial charge is 0.151 e. The maximum absolute atomic E-state index is 6.00. The molecule has 0 saturated carbocycles. The van der Waals surface area contributed by atoms with Crippen molar-refractivity contribution in [1.29, 1.82) is 0 Å². The highest BCUT2D eigenvalue weighted by Crippen LogP contribution is 2.22. The molecule has 1 aromatic carbocycles. The molecule has 0 amide bonds. The average molecular weight is 413 g/mol. The zero-order chi connectivity index (χ0) is 20.1. The topological polar surface area (TPSA) is 54.6 Å². The second-order valence-corrected chi connectivity index (χ2v) is 7.73. The molecule has 29 heavy (non-hydrogen) atoms. The monoisotopic (exact) mass is 412 g/mol. The van der Waals surface area contributed by atoms with Crippen LogP contribution in [0.5, 0.6) is 5.75 Å².